The van der Waals surface area contributed by atoms with Crippen molar-refractivity contribution in [2.45, 2.75) is 13.8 Å². The number of nitrogens with one attached hydrogen (secondary N) is 2. The summed E-state index contributed by atoms with van der Waals surface area (Å²) in [6.07, 6.45) is 0. The zero-order chi connectivity index (χ0) is 19.6. The molecule has 3 rings (SSSR count). The largest absolute Gasteiger partial charge is 0.350 e. The van der Waals surface area contributed by atoms with Gasteiger partial charge in [0, 0.05) is 24.8 Å². The van der Waals surface area contributed by atoms with Crippen molar-refractivity contribution in [2.24, 2.45) is 0 Å². The third-order valence-electron chi connectivity index (χ3n) is 4.09. The van der Waals surface area contributed by atoms with E-state index in [4.69, 9.17) is 0 Å². The maximum Gasteiger partial charge on any atom is 0.278 e. The normalized spacial score (nSPS) is 14.0. The number of anilines is 2. The Bertz CT molecular complexity index is 934. The lowest BCUT2D eigenvalue weighted by Crippen LogP contribution is -2.32. The van der Waals surface area contributed by atoms with E-state index in [0.29, 0.717) is 16.9 Å². The Morgan fingerprint density at radius 2 is 1.56 bits per heavy atom. The van der Waals surface area contributed by atoms with Crippen LogP contribution in [0.15, 0.2) is 54.2 Å². The molecule has 138 valence electrons. The highest BCUT2D eigenvalue weighted by Crippen LogP contribution is 2.31. The standard InChI is InChI=1S/C20H18FN3O3/c1-3-24-19(26)17(13-4-8-15(9-5-13)22-12(2)25)18(20(24)27)23-16-10-6-14(21)7-11-16/h4-11,23H,3H2,1-2H3,(H,22,25). The van der Waals surface area contributed by atoms with Gasteiger partial charge in [0.25, 0.3) is 11.8 Å². The number of hydrogen-bond donors (Lipinski definition) is 2. The highest BCUT2D eigenvalue weighted by Gasteiger charge is 2.38. The number of likely N-dealkylation sites (N-methyl/N-ethyl adjacent to an activating group) is 1. The molecule has 27 heavy (non-hydrogen) atoms. The zero-order valence-corrected chi connectivity index (χ0v) is 14.9. The lowest BCUT2D eigenvalue weighted by molar-refractivity contribution is -0.136. The molecule has 0 bridgehead atoms. The van der Waals surface area contributed by atoms with Gasteiger partial charge >= 0.3 is 0 Å². The lowest BCUT2D eigenvalue weighted by Gasteiger charge is -2.12. The van der Waals surface area contributed by atoms with E-state index in [1.54, 1.807) is 31.2 Å². The second kappa shape index (κ2) is 7.41. The van der Waals surface area contributed by atoms with Crippen LogP contribution in [0.3, 0.4) is 0 Å². The van der Waals surface area contributed by atoms with Crippen LogP contribution in [-0.4, -0.2) is 29.2 Å². The highest BCUT2D eigenvalue weighted by atomic mass is 19.1. The maximum atomic E-state index is 13.1. The van der Waals surface area contributed by atoms with Gasteiger partial charge in [0.15, 0.2) is 0 Å². The van der Waals surface area contributed by atoms with E-state index >= 15 is 0 Å². The predicted octanol–water partition coefficient (Wildman–Crippen LogP) is 3.00. The molecule has 0 radical (unpaired) electrons. The molecule has 3 amide bonds. The molecule has 1 heterocycles. The van der Waals surface area contributed by atoms with Gasteiger partial charge in [-0.15, -0.1) is 0 Å². The van der Waals surface area contributed by atoms with Crippen LogP contribution in [0, 0.1) is 5.82 Å². The van der Waals surface area contributed by atoms with E-state index < -0.39 is 17.6 Å². The lowest BCUT2D eigenvalue weighted by atomic mass is 10.0. The van der Waals surface area contributed by atoms with Crippen molar-refractivity contribution in [3.05, 3.63) is 65.6 Å². The van der Waals surface area contributed by atoms with Gasteiger partial charge < -0.3 is 10.6 Å². The first kappa shape index (κ1) is 18.3. The van der Waals surface area contributed by atoms with Gasteiger partial charge in [-0.05, 0) is 48.9 Å². The quantitative estimate of drug-likeness (QED) is 0.797. The number of halogens is 1. The summed E-state index contributed by atoms with van der Waals surface area (Å²) in [6, 6.07) is 12.2. The minimum absolute atomic E-state index is 0.140. The number of carbonyl (C=O) groups is 3. The molecule has 0 atom stereocenters. The Balaban J connectivity index is 2.01. The number of rotatable bonds is 5. The molecule has 6 nitrogen and oxygen atoms in total. The maximum absolute atomic E-state index is 13.1. The van der Waals surface area contributed by atoms with Gasteiger partial charge in [0.2, 0.25) is 5.91 Å². The zero-order valence-electron chi connectivity index (χ0n) is 14.9. The third kappa shape index (κ3) is 3.72. The van der Waals surface area contributed by atoms with E-state index in [1.165, 1.54) is 31.2 Å². The van der Waals surface area contributed by atoms with Crippen LogP contribution in [-0.2, 0) is 14.4 Å². The molecule has 2 aromatic rings. The molecular formula is C20H18FN3O3. The molecule has 1 aliphatic heterocycles. The Kier molecular flexibility index (Phi) is 5.03. The summed E-state index contributed by atoms with van der Waals surface area (Å²) in [5.74, 6) is -1.44. The molecule has 0 unspecified atom stereocenters. The number of carbonyl (C=O) groups excluding carboxylic acids is 3. The van der Waals surface area contributed by atoms with E-state index in [-0.39, 0.29) is 23.7 Å². The van der Waals surface area contributed by atoms with Gasteiger partial charge in [-0.3, -0.25) is 19.3 Å². The minimum atomic E-state index is -0.437. The monoisotopic (exact) mass is 367 g/mol. The molecule has 1 aliphatic rings. The van der Waals surface area contributed by atoms with E-state index in [0.717, 1.165) is 4.90 Å². The van der Waals surface area contributed by atoms with Gasteiger partial charge in [-0.1, -0.05) is 12.1 Å². The average Bonchev–Trinajstić information content (AvgIpc) is 2.87. The number of benzene rings is 2. The van der Waals surface area contributed by atoms with Gasteiger partial charge in [-0.25, -0.2) is 4.39 Å². The van der Waals surface area contributed by atoms with Crippen molar-refractivity contribution >= 4 is 34.7 Å². The van der Waals surface area contributed by atoms with Crippen molar-refractivity contribution < 1.29 is 18.8 Å². The molecule has 0 spiro atoms. The summed E-state index contributed by atoms with van der Waals surface area (Å²) in [5.41, 5.74) is 2.01. The Morgan fingerprint density at radius 3 is 2.11 bits per heavy atom. The summed E-state index contributed by atoms with van der Waals surface area (Å²) in [7, 11) is 0. The molecule has 2 aromatic carbocycles. The van der Waals surface area contributed by atoms with Crippen molar-refractivity contribution in [3.8, 4) is 0 Å². The summed E-state index contributed by atoms with van der Waals surface area (Å²) < 4.78 is 13.1. The fourth-order valence-electron chi connectivity index (χ4n) is 2.85. The molecule has 0 fully saturated rings. The Morgan fingerprint density at radius 1 is 0.963 bits per heavy atom. The third-order valence-corrected chi connectivity index (χ3v) is 4.09. The molecule has 0 saturated heterocycles. The van der Waals surface area contributed by atoms with Crippen molar-refractivity contribution in [3.63, 3.8) is 0 Å². The second-order valence-electron chi connectivity index (χ2n) is 5.99. The predicted molar refractivity (Wildman–Crippen MR) is 100 cm³/mol. The molecular weight excluding hydrogens is 349 g/mol. The first-order valence-electron chi connectivity index (χ1n) is 8.41. The Labute approximate surface area is 155 Å². The van der Waals surface area contributed by atoms with Crippen LogP contribution in [0.2, 0.25) is 0 Å². The smallest absolute Gasteiger partial charge is 0.278 e. The fourth-order valence-corrected chi connectivity index (χ4v) is 2.85. The van der Waals surface area contributed by atoms with Crippen LogP contribution in [0.25, 0.3) is 5.57 Å². The summed E-state index contributed by atoms with van der Waals surface area (Å²) in [5, 5.41) is 5.59. The van der Waals surface area contributed by atoms with E-state index in [2.05, 4.69) is 10.6 Å². The summed E-state index contributed by atoms with van der Waals surface area (Å²) >= 11 is 0. The molecule has 0 saturated carbocycles. The van der Waals surface area contributed by atoms with Crippen LogP contribution in [0.1, 0.15) is 19.4 Å². The van der Waals surface area contributed by atoms with Crippen LogP contribution in [0.5, 0.6) is 0 Å². The molecule has 2 N–H and O–H groups in total. The number of imide groups is 1. The first-order valence-corrected chi connectivity index (χ1v) is 8.41. The van der Waals surface area contributed by atoms with Crippen LogP contribution in [0.4, 0.5) is 15.8 Å². The average molecular weight is 367 g/mol. The fraction of sp³-hybridized carbons (Fsp3) is 0.150. The topological polar surface area (TPSA) is 78.5 Å². The SMILES string of the molecule is CCN1C(=O)C(Nc2ccc(F)cc2)=C(c2ccc(NC(C)=O)cc2)C1=O. The van der Waals surface area contributed by atoms with Gasteiger partial charge in [-0.2, -0.15) is 0 Å². The molecule has 0 aromatic heterocycles. The van der Waals surface area contributed by atoms with Crippen molar-refractivity contribution in [1.29, 1.82) is 0 Å². The first-order chi connectivity index (χ1) is 12.9. The van der Waals surface area contributed by atoms with Gasteiger partial charge in [0.1, 0.15) is 11.5 Å². The van der Waals surface area contributed by atoms with Crippen molar-refractivity contribution in [1.82, 2.24) is 4.90 Å². The minimum Gasteiger partial charge on any atom is -0.350 e. The molecule has 7 heteroatoms. The van der Waals surface area contributed by atoms with E-state index in [1.807, 2.05) is 0 Å². The van der Waals surface area contributed by atoms with Crippen LogP contribution < -0.4 is 10.6 Å². The van der Waals surface area contributed by atoms with Crippen LogP contribution >= 0.6 is 0 Å². The summed E-state index contributed by atoms with van der Waals surface area (Å²) in [6.45, 7) is 3.35. The second-order valence-corrected chi connectivity index (χ2v) is 5.99. The van der Waals surface area contributed by atoms with Gasteiger partial charge in [0.05, 0.1) is 5.57 Å². The summed E-state index contributed by atoms with van der Waals surface area (Å²) in [4.78, 5) is 37.7. The Hall–Kier alpha value is -3.48. The number of hydrogen-bond acceptors (Lipinski definition) is 4. The van der Waals surface area contributed by atoms with Crippen molar-refractivity contribution in [2.75, 3.05) is 17.2 Å². The van der Waals surface area contributed by atoms with E-state index in [9.17, 15) is 18.8 Å². The highest BCUT2D eigenvalue weighted by molar-refractivity contribution is 6.36. The number of amides is 3. The molecule has 0 aliphatic carbocycles. The number of nitrogens with zero attached hydrogens (tertiary/aromatic N) is 1.